The van der Waals surface area contributed by atoms with Crippen LogP contribution < -0.4 is 5.32 Å². The van der Waals surface area contributed by atoms with Gasteiger partial charge in [-0.2, -0.15) is 5.26 Å². The van der Waals surface area contributed by atoms with Crippen LogP contribution in [0, 0.1) is 11.3 Å². The highest BCUT2D eigenvalue weighted by atomic mass is 15.2. The summed E-state index contributed by atoms with van der Waals surface area (Å²) < 4.78 is 0. The average Bonchev–Trinajstić information content (AvgIpc) is 2.77. The Kier molecular flexibility index (Phi) is 3.55. The summed E-state index contributed by atoms with van der Waals surface area (Å²) in [5, 5.41) is 12.1. The van der Waals surface area contributed by atoms with Crippen LogP contribution >= 0.6 is 0 Å². The van der Waals surface area contributed by atoms with E-state index in [0.717, 1.165) is 25.2 Å². The highest BCUT2D eigenvalue weighted by Gasteiger charge is 2.20. The molecule has 0 aliphatic carbocycles. The molecular formula is C13H17N3. The van der Waals surface area contributed by atoms with Gasteiger partial charge in [-0.15, -0.1) is 0 Å². The third-order valence-electron chi connectivity index (χ3n) is 3.14. The molecule has 3 heteroatoms. The first kappa shape index (κ1) is 11.1. The molecule has 0 spiro atoms. The maximum Gasteiger partial charge on any atom is 0.0991 e. The van der Waals surface area contributed by atoms with Crippen LogP contribution in [0.25, 0.3) is 0 Å². The van der Waals surface area contributed by atoms with Crippen molar-refractivity contribution in [3.05, 3.63) is 35.4 Å². The first-order chi connectivity index (χ1) is 7.81. The quantitative estimate of drug-likeness (QED) is 0.827. The van der Waals surface area contributed by atoms with Crippen molar-refractivity contribution < 1.29 is 0 Å². The van der Waals surface area contributed by atoms with Gasteiger partial charge in [-0.3, -0.25) is 4.90 Å². The second-order valence-electron chi connectivity index (χ2n) is 4.32. The number of nitrogens with zero attached hydrogens (tertiary/aromatic N) is 2. The average molecular weight is 215 g/mol. The number of benzene rings is 1. The van der Waals surface area contributed by atoms with Gasteiger partial charge in [-0.25, -0.2) is 0 Å². The Balaban J connectivity index is 1.97. The van der Waals surface area contributed by atoms with Crippen LogP contribution in [0.15, 0.2) is 24.3 Å². The molecule has 1 aromatic carbocycles. The summed E-state index contributed by atoms with van der Waals surface area (Å²) in [6, 6.07) is 10.7. The van der Waals surface area contributed by atoms with Gasteiger partial charge in [0, 0.05) is 25.7 Å². The molecule has 1 fully saturated rings. The zero-order valence-electron chi connectivity index (χ0n) is 9.61. The molecule has 1 heterocycles. The second kappa shape index (κ2) is 5.11. The van der Waals surface area contributed by atoms with Gasteiger partial charge in [0.25, 0.3) is 0 Å². The van der Waals surface area contributed by atoms with E-state index in [-0.39, 0.29) is 0 Å². The molecule has 16 heavy (non-hydrogen) atoms. The fourth-order valence-corrected chi connectivity index (χ4v) is 2.21. The van der Waals surface area contributed by atoms with Crippen molar-refractivity contribution in [1.29, 1.82) is 5.26 Å². The van der Waals surface area contributed by atoms with Crippen LogP contribution in [0.3, 0.4) is 0 Å². The number of hydrogen-bond acceptors (Lipinski definition) is 3. The van der Waals surface area contributed by atoms with Gasteiger partial charge in [0.05, 0.1) is 11.6 Å². The van der Waals surface area contributed by atoms with Crippen LogP contribution in [-0.2, 0) is 6.54 Å². The van der Waals surface area contributed by atoms with E-state index >= 15 is 0 Å². The van der Waals surface area contributed by atoms with Gasteiger partial charge < -0.3 is 5.32 Å². The number of nitrogens with one attached hydrogen (secondary N) is 1. The molecule has 0 aromatic heterocycles. The Morgan fingerprint density at radius 2 is 2.44 bits per heavy atom. The van der Waals surface area contributed by atoms with Crippen LogP contribution in [0.2, 0.25) is 0 Å². The van der Waals surface area contributed by atoms with Crippen LogP contribution in [0.1, 0.15) is 17.5 Å². The lowest BCUT2D eigenvalue weighted by Gasteiger charge is -2.15. The SMILES string of the molecule is CNC1CCN(Cc2cccc(C#N)c2)C1. The van der Waals surface area contributed by atoms with E-state index in [1.165, 1.54) is 12.0 Å². The van der Waals surface area contributed by atoms with Crippen molar-refractivity contribution >= 4 is 0 Å². The van der Waals surface area contributed by atoms with Crippen molar-refractivity contribution in [3.8, 4) is 6.07 Å². The number of likely N-dealkylation sites (N-methyl/N-ethyl adjacent to an activating group) is 1. The van der Waals surface area contributed by atoms with Gasteiger partial charge in [0.15, 0.2) is 0 Å². The summed E-state index contributed by atoms with van der Waals surface area (Å²) in [6.45, 7) is 3.20. The Bertz CT molecular complexity index is 394. The van der Waals surface area contributed by atoms with Gasteiger partial charge in [0.1, 0.15) is 0 Å². The lowest BCUT2D eigenvalue weighted by molar-refractivity contribution is 0.322. The van der Waals surface area contributed by atoms with Crippen molar-refractivity contribution in [2.45, 2.75) is 19.0 Å². The zero-order chi connectivity index (χ0) is 11.4. The molecule has 3 nitrogen and oxygen atoms in total. The normalized spacial score (nSPS) is 20.9. The van der Waals surface area contributed by atoms with Gasteiger partial charge >= 0.3 is 0 Å². The van der Waals surface area contributed by atoms with E-state index in [1.807, 2.05) is 25.2 Å². The topological polar surface area (TPSA) is 39.1 Å². The minimum absolute atomic E-state index is 0.624. The van der Waals surface area contributed by atoms with Crippen molar-refractivity contribution in [2.24, 2.45) is 0 Å². The molecular weight excluding hydrogens is 198 g/mol. The van der Waals surface area contributed by atoms with Gasteiger partial charge in [-0.05, 0) is 31.2 Å². The van der Waals surface area contributed by atoms with E-state index in [9.17, 15) is 0 Å². The molecule has 1 saturated heterocycles. The monoisotopic (exact) mass is 215 g/mol. The van der Waals surface area contributed by atoms with Crippen molar-refractivity contribution in [3.63, 3.8) is 0 Å². The molecule has 1 aromatic rings. The molecule has 1 aliphatic rings. The predicted octanol–water partition coefficient (Wildman–Crippen LogP) is 1.35. The fraction of sp³-hybridized carbons (Fsp3) is 0.462. The van der Waals surface area contributed by atoms with E-state index in [0.29, 0.717) is 6.04 Å². The summed E-state index contributed by atoms with van der Waals surface area (Å²) in [7, 11) is 2.02. The molecule has 0 radical (unpaired) electrons. The molecule has 84 valence electrons. The maximum absolute atomic E-state index is 8.83. The summed E-state index contributed by atoms with van der Waals surface area (Å²) >= 11 is 0. The Hall–Kier alpha value is -1.37. The first-order valence-electron chi connectivity index (χ1n) is 5.70. The van der Waals surface area contributed by atoms with E-state index in [2.05, 4.69) is 22.4 Å². The van der Waals surface area contributed by atoms with Crippen LogP contribution in [0.4, 0.5) is 0 Å². The summed E-state index contributed by atoms with van der Waals surface area (Å²) in [4.78, 5) is 2.43. The number of likely N-dealkylation sites (tertiary alicyclic amines) is 1. The summed E-state index contributed by atoms with van der Waals surface area (Å²) in [5.74, 6) is 0. The molecule has 1 atom stereocenters. The standard InChI is InChI=1S/C13H17N3/c1-15-13-5-6-16(10-13)9-12-4-2-3-11(7-12)8-14/h2-4,7,13,15H,5-6,9-10H2,1H3. The second-order valence-corrected chi connectivity index (χ2v) is 4.32. The van der Waals surface area contributed by atoms with Gasteiger partial charge in [0.2, 0.25) is 0 Å². The maximum atomic E-state index is 8.83. The zero-order valence-corrected chi connectivity index (χ0v) is 9.61. The molecule has 0 amide bonds. The predicted molar refractivity (Wildman–Crippen MR) is 63.9 cm³/mol. The van der Waals surface area contributed by atoms with E-state index in [1.54, 1.807) is 0 Å². The molecule has 0 bridgehead atoms. The highest BCUT2D eigenvalue weighted by Crippen LogP contribution is 2.14. The van der Waals surface area contributed by atoms with Crippen LogP contribution in [-0.4, -0.2) is 31.1 Å². The molecule has 1 N–H and O–H groups in total. The number of nitriles is 1. The van der Waals surface area contributed by atoms with Crippen LogP contribution in [0.5, 0.6) is 0 Å². The Morgan fingerprint density at radius 1 is 1.56 bits per heavy atom. The summed E-state index contributed by atoms with van der Waals surface area (Å²) in [6.07, 6.45) is 1.22. The minimum atomic E-state index is 0.624. The lowest BCUT2D eigenvalue weighted by Crippen LogP contribution is -2.29. The lowest BCUT2D eigenvalue weighted by atomic mass is 10.1. The fourth-order valence-electron chi connectivity index (χ4n) is 2.21. The Morgan fingerprint density at radius 3 is 3.12 bits per heavy atom. The molecule has 2 rings (SSSR count). The molecule has 1 aliphatic heterocycles. The largest absolute Gasteiger partial charge is 0.316 e. The number of rotatable bonds is 3. The van der Waals surface area contributed by atoms with E-state index in [4.69, 9.17) is 5.26 Å². The number of hydrogen-bond donors (Lipinski definition) is 1. The van der Waals surface area contributed by atoms with Crippen molar-refractivity contribution in [1.82, 2.24) is 10.2 Å². The smallest absolute Gasteiger partial charge is 0.0991 e. The highest BCUT2D eigenvalue weighted by molar-refractivity contribution is 5.32. The summed E-state index contributed by atoms with van der Waals surface area (Å²) in [5.41, 5.74) is 1.98. The third-order valence-corrected chi connectivity index (χ3v) is 3.14. The van der Waals surface area contributed by atoms with Gasteiger partial charge in [-0.1, -0.05) is 12.1 Å². The minimum Gasteiger partial charge on any atom is -0.316 e. The third kappa shape index (κ3) is 2.60. The first-order valence-corrected chi connectivity index (χ1v) is 5.70. The Labute approximate surface area is 96.7 Å². The molecule has 0 saturated carbocycles. The molecule has 1 unspecified atom stereocenters. The van der Waals surface area contributed by atoms with Crippen molar-refractivity contribution in [2.75, 3.05) is 20.1 Å². The van der Waals surface area contributed by atoms with E-state index < -0.39 is 0 Å².